The van der Waals surface area contributed by atoms with Crippen LogP contribution in [0.25, 0.3) is 0 Å². The number of rotatable bonds is 4. The number of thiophene rings is 1. The first-order valence-corrected chi connectivity index (χ1v) is 8.82. The standard InChI is InChI=1S/C17H21ClN2OS/c1-21-14-6-3-2-5-13(14)17(15-7-8-16(18)22-15)20-11-4-9-19-10-12-20/h2-3,5-8,17,19H,4,9-12H2,1H3. The van der Waals surface area contributed by atoms with E-state index < -0.39 is 0 Å². The zero-order valence-electron chi connectivity index (χ0n) is 12.7. The predicted octanol–water partition coefficient (Wildman–Crippen LogP) is 3.79. The van der Waals surface area contributed by atoms with Gasteiger partial charge in [0.1, 0.15) is 5.75 Å². The number of hydrogen-bond acceptors (Lipinski definition) is 4. The van der Waals surface area contributed by atoms with Gasteiger partial charge >= 0.3 is 0 Å². The highest BCUT2D eigenvalue weighted by molar-refractivity contribution is 7.16. The second-order valence-corrected chi connectivity index (χ2v) is 7.17. The average molecular weight is 337 g/mol. The van der Waals surface area contributed by atoms with Crippen molar-refractivity contribution in [1.29, 1.82) is 0 Å². The van der Waals surface area contributed by atoms with Gasteiger partial charge in [0.2, 0.25) is 0 Å². The van der Waals surface area contributed by atoms with Crippen molar-refractivity contribution in [2.24, 2.45) is 0 Å². The maximum absolute atomic E-state index is 6.19. The Morgan fingerprint density at radius 3 is 2.82 bits per heavy atom. The van der Waals surface area contributed by atoms with E-state index in [4.69, 9.17) is 16.3 Å². The number of hydrogen-bond donors (Lipinski definition) is 1. The van der Waals surface area contributed by atoms with E-state index in [1.54, 1.807) is 18.4 Å². The van der Waals surface area contributed by atoms with Crippen molar-refractivity contribution in [3.63, 3.8) is 0 Å². The third-order valence-corrected chi connectivity index (χ3v) is 5.32. The van der Waals surface area contributed by atoms with Crippen LogP contribution in [0, 0.1) is 0 Å². The molecule has 2 heterocycles. The normalized spacial score (nSPS) is 17.9. The number of benzene rings is 1. The van der Waals surface area contributed by atoms with Gasteiger partial charge in [0.15, 0.2) is 0 Å². The summed E-state index contributed by atoms with van der Waals surface area (Å²) in [5, 5.41) is 3.47. The molecule has 1 aromatic heterocycles. The summed E-state index contributed by atoms with van der Waals surface area (Å²) in [5.41, 5.74) is 1.21. The van der Waals surface area contributed by atoms with Crippen LogP contribution in [0.1, 0.15) is 22.9 Å². The molecule has 0 spiro atoms. The summed E-state index contributed by atoms with van der Waals surface area (Å²) >= 11 is 7.85. The van der Waals surface area contributed by atoms with Gasteiger partial charge in [-0.05, 0) is 31.2 Å². The lowest BCUT2D eigenvalue weighted by molar-refractivity contribution is 0.239. The number of methoxy groups -OCH3 is 1. The maximum Gasteiger partial charge on any atom is 0.124 e. The van der Waals surface area contributed by atoms with Crippen LogP contribution in [-0.4, -0.2) is 38.2 Å². The minimum absolute atomic E-state index is 0.202. The van der Waals surface area contributed by atoms with Gasteiger partial charge in [0.25, 0.3) is 0 Å². The highest BCUT2D eigenvalue weighted by Gasteiger charge is 2.26. The SMILES string of the molecule is COc1ccccc1C(c1ccc(Cl)s1)N1CCCNCC1. The molecule has 0 bridgehead atoms. The fraction of sp³-hybridized carbons (Fsp3) is 0.412. The summed E-state index contributed by atoms with van der Waals surface area (Å²) < 4.78 is 6.44. The van der Waals surface area contributed by atoms with Crippen molar-refractivity contribution >= 4 is 22.9 Å². The highest BCUT2D eigenvalue weighted by Crippen LogP contribution is 2.39. The third-order valence-electron chi connectivity index (χ3n) is 4.04. The van der Waals surface area contributed by atoms with Gasteiger partial charge in [-0.1, -0.05) is 29.8 Å². The number of ether oxygens (including phenoxy) is 1. The molecule has 2 aromatic rings. The number of nitrogens with one attached hydrogen (secondary N) is 1. The minimum atomic E-state index is 0.202. The van der Waals surface area contributed by atoms with Crippen LogP contribution in [0.2, 0.25) is 4.34 Å². The Labute approximate surface area is 140 Å². The Kier molecular flexibility index (Phi) is 5.37. The zero-order valence-corrected chi connectivity index (χ0v) is 14.3. The molecule has 0 saturated carbocycles. The van der Waals surface area contributed by atoms with Crippen molar-refractivity contribution in [2.75, 3.05) is 33.3 Å². The lowest BCUT2D eigenvalue weighted by Crippen LogP contribution is -2.32. The van der Waals surface area contributed by atoms with Gasteiger partial charge in [-0.15, -0.1) is 11.3 Å². The molecule has 118 valence electrons. The predicted molar refractivity (Wildman–Crippen MR) is 93.2 cm³/mol. The Morgan fingerprint density at radius 2 is 2.05 bits per heavy atom. The van der Waals surface area contributed by atoms with Crippen LogP contribution in [0.15, 0.2) is 36.4 Å². The molecule has 1 fully saturated rings. The first-order chi connectivity index (χ1) is 10.8. The smallest absolute Gasteiger partial charge is 0.124 e. The van der Waals surface area contributed by atoms with E-state index >= 15 is 0 Å². The van der Waals surface area contributed by atoms with Gasteiger partial charge in [-0.2, -0.15) is 0 Å². The Hall–Kier alpha value is -1.07. The summed E-state index contributed by atoms with van der Waals surface area (Å²) in [6.07, 6.45) is 1.16. The van der Waals surface area contributed by atoms with E-state index in [1.165, 1.54) is 10.4 Å². The fourth-order valence-electron chi connectivity index (χ4n) is 3.02. The van der Waals surface area contributed by atoms with Crippen LogP contribution < -0.4 is 10.1 Å². The van der Waals surface area contributed by atoms with Crippen molar-refractivity contribution in [3.05, 3.63) is 51.2 Å². The quantitative estimate of drug-likeness (QED) is 0.919. The second-order valence-electron chi connectivity index (χ2n) is 5.43. The van der Waals surface area contributed by atoms with Gasteiger partial charge in [-0.3, -0.25) is 4.90 Å². The molecule has 1 aliphatic rings. The molecule has 0 aliphatic carbocycles. The summed E-state index contributed by atoms with van der Waals surface area (Å²) in [7, 11) is 1.74. The molecule has 0 radical (unpaired) electrons. The van der Waals surface area contributed by atoms with E-state index in [1.807, 2.05) is 18.2 Å². The Balaban J connectivity index is 2.01. The van der Waals surface area contributed by atoms with Crippen LogP contribution in [0.4, 0.5) is 0 Å². The summed E-state index contributed by atoms with van der Waals surface area (Å²) in [5.74, 6) is 0.939. The fourth-order valence-corrected chi connectivity index (χ4v) is 4.24. The largest absolute Gasteiger partial charge is 0.496 e. The zero-order chi connectivity index (χ0) is 15.4. The van der Waals surface area contributed by atoms with E-state index in [0.29, 0.717) is 0 Å². The van der Waals surface area contributed by atoms with Gasteiger partial charge in [-0.25, -0.2) is 0 Å². The molecule has 1 N–H and O–H groups in total. The first-order valence-electron chi connectivity index (χ1n) is 7.62. The van der Waals surface area contributed by atoms with Gasteiger partial charge in [0, 0.05) is 30.1 Å². The molecule has 22 heavy (non-hydrogen) atoms. The lowest BCUT2D eigenvalue weighted by atomic mass is 10.0. The molecule has 1 aromatic carbocycles. The molecule has 3 nitrogen and oxygen atoms in total. The average Bonchev–Trinajstić information content (AvgIpc) is 2.80. The summed E-state index contributed by atoms with van der Waals surface area (Å²) in [6, 6.07) is 12.6. The number of para-hydroxylation sites is 1. The van der Waals surface area contributed by atoms with Crippen molar-refractivity contribution in [1.82, 2.24) is 10.2 Å². The maximum atomic E-state index is 6.19. The van der Waals surface area contributed by atoms with Crippen LogP contribution >= 0.6 is 22.9 Å². The molecule has 0 amide bonds. The van der Waals surface area contributed by atoms with Gasteiger partial charge in [0.05, 0.1) is 17.5 Å². The summed E-state index contributed by atoms with van der Waals surface area (Å²) in [6.45, 7) is 4.20. The topological polar surface area (TPSA) is 24.5 Å². The molecule has 1 unspecified atom stereocenters. The van der Waals surface area contributed by atoms with Gasteiger partial charge < -0.3 is 10.1 Å². The second kappa shape index (κ2) is 7.47. The Morgan fingerprint density at radius 1 is 1.18 bits per heavy atom. The van der Waals surface area contributed by atoms with Crippen molar-refractivity contribution in [3.8, 4) is 5.75 Å². The molecule has 1 saturated heterocycles. The van der Waals surface area contributed by atoms with E-state index in [2.05, 4.69) is 28.4 Å². The molecule has 1 aliphatic heterocycles. The molecular weight excluding hydrogens is 316 g/mol. The molecular formula is C17H21ClN2OS. The summed E-state index contributed by atoms with van der Waals surface area (Å²) in [4.78, 5) is 3.80. The number of halogens is 1. The highest BCUT2D eigenvalue weighted by atomic mass is 35.5. The lowest BCUT2D eigenvalue weighted by Gasteiger charge is -2.31. The Bertz CT molecular complexity index is 608. The molecule has 5 heteroatoms. The first kappa shape index (κ1) is 15.8. The van der Waals surface area contributed by atoms with Crippen LogP contribution in [-0.2, 0) is 0 Å². The number of nitrogens with zero attached hydrogens (tertiary/aromatic N) is 1. The molecule has 1 atom stereocenters. The molecule has 3 rings (SSSR count). The van der Waals surface area contributed by atoms with Crippen molar-refractivity contribution in [2.45, 2.75) is 12.5 Å². The van der Waals surface area contributed by atoms with E-state index in [9.17, 15) is 0 Å². The third kappa shape index (κ3) is 3.46. The van der Waals surface area contributed by atoms with E-state index in [0.717, 1.165) is 42.7 Å². The van der Waals surface area contributed by atoms with Crippen LogP contribution in [0.5, 0.6) is 5.75 Å². The van der Waals surface area contributed by atoms with Crippen molar-refractivity contribution < 1.29 is 4.74 Å². The van der Waals surface area contributed by atoms with Crippen LogP contribution in [0.3, 0.4) is 0 Å². The monoisotopic (exact) mass is 336 g/mol. The van der Waals surface area contributed by atoms with E-state index in [-0.39, 0.29) is 6.04 Å². The minimum Gasteiger partial charge on any atom is -0.496 e.